The van der Waals surface area contributed by atoms with E-state index in [4.69, 9.17) is 4.74 Å². The van der Waals surface area contributed by atoms with Gasteiger partial charge < -0.3 is 15.0 Å². The Labute approximate surface area is 140 Å². The number of piperidine rings is 1. The molecule has 1 aromatic carbocycles. The van der Waals surface area contributed by atoms with E-state index in [1.807, 2.05) is 23.1 Å². The predicted molar refractivity (Wildman–Crippen MR) is 93.9 cm³/mol. The SMILES string of the molecule is CCCN(C(=O)COc1cccc(C(C)C)c1)C1CCNCC1. The van der Waals surface area contributed by atoms with Crippen LogP contribution in [-0.4, -0.2) is 43.1 Å². The van der Waals surface area contributed by atoms with Crippen LogP contribution < -0.4 is 10.1 Å². The van der Waals surface area contributed by atoms with Crippen LogP contribution in [0.25, 0.3) is 0 Å². The average Bonchev–Trinajstić information content (AvgIpc) is 2.58. The van der Waals surface area contributed by atoms with E-state index < -0.39 is 0 Å². The summed E-state index contributed by atoms with van der Waals surface area (Å²) in [6.07, 6.45) is 3.06. The Morgan fingerprint density at radius 2 is 2.09 bits per heavy atom. The average molecular weight is 318 g/mol. The van der Waals surface area contributed by atoms with Crippen molar-refractivity contribution in [3.8, 4) is 5.75 Å². The quantitative estimate of drug-likeness (QED) is 0.839. The maximum atomic E-state index is 12.6. The third-order valence-corrected chi connectivity index (χ3v) is 4.42. The molecule has 1 amide bonds. The fraction of sp³-hybridized carbons (Fsp3) is 0.632. The Bertz CT molecular complexity index is 496. The molecule has 0 atom stereocenters. The highest BCUT2D eigenvalue weighted by Gasteiger charge is 2.24. The molecule has 1 saturated heterocycles. The van der Waals surface area contributed by atoms with Crippen molar-refractivity contribution in [2.24, 2.45) is 0 Å². The van der Waals surface area contributed by atoms with Crippen molar-refractivity contribution in [1.82, 2.24) is 10.2 Å². The fourth-order valence-corrected chi connectivity index (χ4v) is 3.06. The van der Waals surface area contributed by atoms with E-state index in [9.17, 15) is 4.79 Å². The summed E-state index contributed by atoms with van der Waals surface area (Å²) in [5.74, 6) is 1.35. The first-order valence-corrected chi connectivity index (χ1v) is 8.84. The van der Waals surface area contributed by atoms with Gasteiger partial charge in [-0.25, -0.2) is 0 Å². The minimum Gasteiger partial charge on any atom is -0.484 e. The number of hydrogen-bond donors (Lipinski definition) is 1. The Balaban J connectivity index is 1.94. The van der Waals surface area contributed by atoms with E-state index >= 15 is 0 Å². The number of ether oxygens (including phenoxy) is 1. The second-order valence-corrected chi connectivity index (χ2v) is 6.58. The van der Waals surface area contributed by atoms with Gasteiger partial charge in [0.2, 0.25) is 0 Å². The highest BCUT2D eigenvalue weighted by atomic mass is 16.5. The summed E-state index contributed by atoms with van der Waals surface area (Å²) in [7, 11) is 0. The van der Waals surface area contributed by atoms with E-state index in [0.717, 1.165) is 44.6 Å². The summed E-state index contributed by atoms with van der Waals surface area (Å²) in [4.78, 5) is 14.6. The predicted octanol–water partition coefficient (Wildman–Crippen LogP) is 3.18. The van der Waals surface area contributed by atoms with Gasteiger partial charge >= 0.3 is 0 Å². The molecule has 1 N–H and O–H groups in total. The van der Waals surface area contributed by atoms with Crippen molar-refractivity contribution in [2.45, 2.75) is 52.0 Å². The second kappa shape index (κ2) is 8.92. The zero-order chi connectivity index (χ0) is 16.7. The highest BCUT2D eigenvalue weighted by molar-refractivity contribution is 5.78. The van der Waals surface area contributed by atoms with Crippen LogP contribution in [0.3, 0.4) is 0 Å². The van der Waals surface area contributed by atoms with Gasteiger partial charge in [-0.05, 0) is 56.0 Å². The number of nitrogens with one attached hydrogen (secondary N) is 1. The number of carbonyl (C=O) groups is 1. The van der Waals surface area contributed by atoms with Crippen LogP contribution in [0, 0.1) is 0 Å². The number of carbonyl (C=O) groups excluding carboxylic acids is 1. The lowest BCUT2D eigenvalue weighted by molar-refractivity contribution is -0.136. The molecule has 0 bridgehead atoms. The number of rotatable bonds is 7. The summed E-state index contributed by atoms with van der Waals surface area (Å²) in [5.41, 5.74) is 1.23. The molecule has 1 aromatic rings. The minimum atomic E-state index is 0.105. The lowest BCUT2D eigenvalue weighted by Crippen LogP contribution is -2.48. The molecule has 2 rings (SSSR count). The van der Waals surface area contributed by atoms with Crippen molar-refractivity contribution in [1.29, 1.82) is 0 Å². The number of nitrogens with zero attached hydrogens (tertiary/aromatic N) is 1. The van der Waals surface area contributed by atoms with Crippen molar-refractivity contribution in [2.75, 3.05) is 26.2 Å². The third kappa shape index (κ3) is 5.24. The zero-order valence-corrected chi connectivity index (χ0v) is 14.7. The van der Waals surface area contributed by atoms with Crippen LogP contribution >= 0.6 is 0 Å². The van der Waals surface area contributed by atoms with Gasteiger partial charge in [-0.15, -0.1) is 0 Å². The Hall–Kier alpha value is -1.55. The molecule has 1 fully saturated rings. The van der Waals surface area contributed by atoms with E-state index in [1.54, 1.807) is 0 Å². The fourth-order valence-electron chi connectivity index (χ4n) is 3.06. The molecule has 4 heteroatoms. The van der Waals surface area contributed by atoms with Gasteiger partial charge in [0.1, 0.15) is 5.75 Å². The highest BCUT2D eigenvalue weighted by Crippen LogP contribution is 2.20. The molecule has 0 aliphatic carbocycles. The van der Waals surface area contributed by atoms with Crippen LogP contribution in [0.5, 0.6) is 5.75 Å². The molecule has 0 spiro atoms. The van der Waals surface area contributed by atoms with Gasteiger partial charge in [-0.2, -0.15) is 0 Å². The Kier molecular flexibility index (Phi) is 6.90. The first-order chi connectivity index (χ1) is 11.1. The monoisotopic (exact) mass is 318 g/mol. The molecule has 1 aliphatic rings. The third-order valence-electron chi connectivity index (χ3n) is 4.42. The minimum absolute atomic E-state index is 0.105. The summed E-state index contributed by atoms with van der Waals surface area (Å²) in [6.45, 7) is 9.37. The lowest BCUT2D eigenvalue weighted by atomic mass is 10.0. The van der Waals surface area contributed by atoms with E-state index in [0.29, 0.717) is 12.0 Å². The molecule has 128 valence electrons. The maximum absolute atomic E-state index is 12.6. The molecule has 1 heterocycles. The van der Waals surface area contributed by atoms with Gasteiger partial charge in [-0.1, -0.05) is 32.9 Å². The van der Waals surface area contributed by atoms with Crippen molar-refractivity contribution < 1.29 is 9.53 Å². The van der Waals surface area contributed by atoms with Crippen molar-refractivity contribution >= 4 is 5.91 Å². The van der Waals surface area contributed by atoms with Gasteiger partial charge in [0.15, 0.2) is 6.61 Å². The van der Waals surface area contributed by atoms with E-state index in [2.05, 4.69) is 32.2 Å². The van der Waals surface area contributed by atoms with Crippen molar-refractivity contribution in [3.63, 3.8) is 0 Å². The Morgan fingerprint density at radius 1 is 1.35 bits per heavy atom. The standard InChI is InChI=1S/C19H30N2O2/c1-4-12-21(17-8-10-20-11-9-17)19(22)14-23-18-7-5-6-16(13-18)15(2)3/h5-7,13,15,17,20H,4,8-12,14H2,1-3H3. The van der Waals surface area contributed by atoms with E-state index in [1.165, 1.54) is 5.56 Å². The molecule has 0 radical (unpaired) electrons. The van der Waals surface area contributed by atoms with Crippen LogP contribution in [-0.2, 0) is 4.79 Å². The number of amides is 1. The second-order valence-electron chi connectivity index (χ2n) is 6.58. The van der Waals surface area contributed by atoms with Crippen LogP contribution in [0.2, 0.25) is 0 Å². The molecular weight excluding hydrogens is 288 g/mol. The van der Waals surface area contributed by atoms with Gasteiger partial charge in [-0.3, -0.25) is 4.79 Å². The van der Waals surface area contributed by atoms with Gasteiger partial charge in [0.05, 0.1) is 0 Å². The normalized spacial score (nSPS) is 15.7. The molecule has 23 heavy (non-hydrogen) atoms. The topological polar surface area (TPSA) is 41.6 Å². The lowest BCUT2D eigenvalue weighted by Gasteiger charge is -2.34. The smallest absolute Gasteiger partial charge is 0.260 e. The van der Waals surface area contributed by atoms with Crippen molar-refractivity contribution in [3.05, 3.63) is 29.8 Å². The summed E-state index contributed by atoms with van der Waals surface area (Å²) in [6, 6.07) is 8.40. The molecule has 0 aromatic heterocycles. The first kappa shape index (κ1) is 17.8. The summed E-state index contributed by atoms with van der Waals surface area (Å²) in [5, 5.41) is 3.36. The molecule has 4 nitrogen and oxygen atoms in total. The molecule has 0 unspecified atom stereocenters. The zero-order valence-electron chi connectivity index (χ0n) is 14.7. The summed E-state index contributed by atoms with van der Waals surface area (Å²) >= 11 is 0. The summed E-state index contributed by atoms with van der Waals surface area (Å²) < 4.78 is 5.77. The van der Waals surface area contributed by atoms with Gasteiger partial charge in [0.25, 0.3) is 5.91 Å². The van der Waals surface area contributed by atoms with Gasteiger partial charge in [0, 0.05) is 12.6 Å². The molecular formula is C19H30N2O2. The number of benzene rings is 1. The van der Waals surface area contributed by atoms with Crippen LogP contribution in [0.1, 0.15) is 51.5 Å². The maximum Gasteiger partial charge on any atom is 0.260 e. The van der Waals surface area contributed by atoms with Crippen LogP contribution in [0.4, 0.5) is 0 Å². The molecule has 0 saturated carbocycles. The largest absolute Gasteiger partial charge is 0.484 e. The Morgan fingerprint density at radius 3 is 2.74 bits per heavy atom. The first-order valence-electron chi connectivity index (χ1n) is 8.84. The van der Waals surface area contributed by atoms with E-state index in [-0.39, 0.29) is 12.5 Å². The molecule has 1 aliphatic heterocycles. The number of hydrogen-bond acceptors (Lipinski definition) is 3. The van der Waals surface area contributed by atoms with Crippen LogP contribution in [0.15, 0.2) is 24.3 Å².